The Morgan fingerprint density at radius 3 is 2.54 bits per heavy atom. The van der Waals surface area contributed by atoms with Crippen molar-refractivity contribution in [2.75, 3.05) is 0 Å². The number of hydrogen-bond donors (Lipinski definition) is 1. The van der Waals surface area contributed by atoms with Crippen LogP contribution in [-0.2, 0) is 11.8 Å². The standard InChI is InChI=1S/C21H16N4S/c1-2-4-15(5-3-1)21(16-7-10-22-11-8-16)9-6-17-18(12-21)24-25-20(17)19-13-23-14-26-19/h1-11,13-14H,12H2,(H,24,25). The molecule has 0 aliphatic heterocycles. The number of aromatic nitrogens is 4. The van der Waals surface area contributed by atoms with Crippen molar-refractivity contribution in [3.63, 3.8) is 0 Å². The van der Waals surface area contributed by atoms with Crippen LogP contribution in [0.1, 0.15) is 22.4 Å². The maximum absolute atomic E-state index is 4.57. The van der Waals surface area contributed by atoms with Crippen LogP contribution in [0.5, 0.6) is 0 Å². The maximum atomic E-state index is 4.57. The zero-order chi connectivity index (χ0) is 17.4. The minimum Gasteiger partial charge on any atom is -0.281 e. The van der Waals surface area contributed by atoms with E-state index in [1.807, 2.05) is 24.1 Å². The summed E-state index contributed by atoms with van der Waals surface area (Å²) in [4.78, 5) is 9.47. The number of aromatic amines is 1. The van der Waals surface area contributed by atoms with E-state index in [2.05, 4.69) is 74.8 Å². The summed E-state index contributed by atoms with van der Waals surface area (Å²) >= 11 is 1.61. The maximum Gasteiger partial charge on any atom is 0.111 e. The van der Waals surface area contributed by atoms with E-state index in [1.54, 1.807) is 11.3 Å². The van der Waals surface area contributed by atoms with Crippen LogP contribution >= 0.6 is 11.3 Å². The van der Waals surface area contributed by atoms with E-state index in [0.29, 0.717) is 0 Å². The van der Waals surface area contributed by atoms with E-state index in [1.165, 1.54) is 11.1 Å². The first-order valence-corrected chi connectivity index (χ1v) is 9.36. The minimum atomic E-state index is -0.227. The molecule has 4 aromatic rings. The van der Waals surface area contributed by atoms with Crippen molar-refractivity contribution >= 4 is 17.4 Å². The summed E-state index contributed by atoms with van der Waals surface area (Å²) in [5.74, 6) is 0. The van der Waals surface area contributed by atoms with E-state index < -0.39 is 0 Å². The van der Waals surface area contributed by atoms with Crippen LogP contribution in [0, 0.1) is 0 Å². The average molecular weight is 356 g/mol. The molecule has 126 valence electrons. The Morgan fingerprint density at radius 1 is 0.962 bits per heavy atom. The van der Waals surface area contributed by atoms with Gasteiger partial charge in [0.1, 0.15) is 5.69 Å². The largest absolute Gasteiger partial charge is 0.281 e. The molecule has 1 atom stereocenters. The Hall–Kier alpha value is -3.05. The number of H-pyrrole nitrogens is 1. The fourth-order valence-electron chi connectivity index (χ4n) is 3.73. The van der Waals surface area contributed by atoms with Gasteiger partial charge in [0.05, 0.1) is 10.4 Å². The lowest BCUT2D eigenvalue weighted by molar-refractivity contribution is 0.619. The molecule has 3 aromatic heterocycles. The Kier molecular flexibility index (Phi) is 3.53. The van der Waals surface area contributed by atoms with Gasteiger partial charge in [-0.05, 0) is 23.3 Å². The number of fused-ring (bicyclic) bond motifs is 1. The summed E-state index contributed by atoms with van der Waals surface area (Å²) in [5, 5.41) is 7.85. The molecule has 1 unspecified atom stereocenters. The molecule has 0 bridgehead atoms. The SMILES string of the molecule is C1=CC(c2ccccc2)(c2ccncc2)Cc2[nH]nc(-c3cncs3)c21. The molecule has 1 aromatic carbocycles. The second kappa shape index (κ2) is 6.04. The molecule has 0 amide bonds. The van der Waals surface area contributed by atoms with Gasteiger partial charge in [-0.1, -0.05) is 42.5 Å². The molecule has 3 heterocycles. The summed E-state index contributed by atoms with van der Waals surface area (Å²) in [6.07, 6.45) is 10.9. The summed E-state index contributed by atoms with van der Waals surface area (Å²) in [7, 11) is 0. The molecule has 0 spiro atoms. The number of nitrogens with zero attached hydrogens (tertiary/aromatic N) is 3. The zero-order valence-electron chi connectivity index (χ0n) is 14.0. The van der Waals surface area contributed by atoms with Gasteiger partial charge < -0.3 is 0 Å². The van der Waals surface area contributed by atoms with Gasteiger partial charge in [-0.25, -0.2) is 0 Å². The zero-order valence-corrected chi connectivity index (χ0v) is 14.8. The highest BCUT2D eigenvalue weighted by Gasteiger charge is 2.36. The molecule has 26 heavy (non-hydrogen) atoms. The van der Waals surface area contributed by atoms with E-state index in [-0.39, 0.29) is 5.41 Å². The van der Waals surface area contributed by atoms with Crippen LogP contribution in [0.2, 0.25) is 0 Å². The van der Waals surface area contributed by atoms with Crippen molar-refractivity contribution in [1.82, 2.24) is 20.2 Å². The third kappa shape index (κ3) is 2.32. The van der Waals surface area contributed by atoms with Gasteiger partial charge in [0.15, 0.2) is 0 Å². The van der Waals surface area contributed by atoms with E-state index in [9.17, 15) is 0 Å². The predicted octanol–water partition coefficient (Wildman–Crippen LogP) is 4.48. The molecule has 1 aliphatic rings. The number of pyridine rings is 1. The Morgan fingerprint density at radius 2 is 1.77 bits per heavy atom. The summed E-state index contributed by atoms with van der Waals surface area (Å²) in [6, 6.07) is 14.8. The van der Waals surface area contributed by atoms with Crippen LogP contribution in [0.15, 0.2) is 72.6 Å². The Bertz CT molecular complexity index is 1010. The quantitative estimate of drug-likeness (QED) is 0.589. The average Bonchev–Trinajstić information content (AvgIpc) is 3.38. The molecule has 1 aliphatic carbocycles. The minimum absolute atomic E-state index is 0.227. The van der Waals surface area contributed by atoms with Crippen molar-refractivity contribution in [1.29, 1.82) is 0 Å². The number of benzene rings is 1. The van der Waals surface area contributed by atoms with Gasteiger partial charge in [0.2, 0.25) is 0 Å². The smallest absolute Gasteiger partial charge is 0.111 e. The number of nitrogens with one attached hydrogen (secondary N) is 1. The number of thiazole rings is 1. The van der Waals surface area contributed by atoms with Gasteiger partial charge in [-0.2, -0.15) is 5.10 Å². The van der Waals surface area contributed by atoms with E-state index in [0.717, 1.165) is 28.2 Å². The lowest BCUT2D eigenvalue weighted by Crippen LogP contribution is -2.30. The topological polar surface area (TPSA) is 54.5 Å². The van der Waals surface area contributed by atoms with Gasteiger partial charge >= 0.3 is 0 Å². The monoisotopic (exact) mass is 356 g/mol. The van der Waals surface area contributed by atoms with Crippen LogP contribution in [0.3, 0.4) is 0 Å². The fraction of sp³-hybridized carbons (Fsp3) is 0.0952. The summed E-state index contributed by atoms with van der Waals surface area (Å²) < 4.78 is 0. The Labute approximate surface area is 155 Å². The molecule has 0 saturated carbocycles. The lowest BCUT2D eigenvalue weighted by atomic mass is 9.68. The third-order valence-corrected chi connectivity index (χ3v) is 5.80. The summed E-state index contributed by atoms with van der Waals surface area (Å²) in [6.45, 7) is 0. The molecular formula is C21H16N4S. The van der Waals surface area contributed by atoms with Crippen molar-refractivity contribution in [3.05, 3.63) is 95.0 Å². The highest BCUT2D eigenvalue weighted by atomic mass is 32.1. The van der Waals surface area contributed by atoms with Gasteiger partial charge in [0, 0.05) is 41.7 Å². The highest BCUT2D eigenvalue weighted by molar-refractivity contribution is 7.13. The van der Waals surface area contributed by atoms with Crippen LogP contribution < -0.4 is 0 Å². The molecule has 4 nitrogen and oxygen atoms in total. The number of rotatable bonds is 3. The Balaban J connectivity index is 1.67. The fourth-order valence-corrected chi connectivity index (χ4v) is 4.36. The first-order chi connectivity index (χ1) is 12.9. The third-order valence-electron chi connectivity index (χ3n) is 5.02. The van der Waals surface area contributed by atoms with E-state index in [4.69, 9.17) is 0 Å². The normalized spacial score (nSPS) is 18.6. The molecule has 5 rings (SSSR count). The van der Waals surface area contributed by atoms with E-state index >= 15 is 0 Å². The van der Waals surface area contributed by atoms with Crippen molar-refractivity contribution < 1.29 is 0 Å². The first kappa shape index (κ1) is 15.2. The van der Waals surface area contributed by atoms with Crippen molar-refractivity contribution in [2.24, 2.45) is 0 Å². The molecule has 0 radical (unpaired) electrons. The van der Waals surface area contributed by atoms with Crippen LogP contribution in [0.25, 0.3) is 16.6 Å². The van der Waals surface area contributed by atoms with Crippen LogP contribution in [-0.4, -0.2) is 20.2 Å². The molecule has 0 fully saturated rings. The van der Waals surface area contributed by atoms with Gasteiger partial charge in [0.25, 0.3) is 0 Å². The second-order valence-electron chi connectivity index (χ2n) is 6.41. The number of allylic oxidation sites excluding steroid dienone is 1. The first-order valence-electron chi connectivity index (χ1n) is 8.48. The second-order valence-corrected chi connectivity index (χ2v) is 7.30. The van der Waals surface area contributed by atoms with Gasteiger partial charge in [-0.15, -0.1) is 11.3 Å². The van der Waals surface area contributed by atoms with Gasteiger partial charge in [-0.3, -0.25) is 15.1 Å². The van der Waals surface area contributed by atoms with Crippen LogP contribution in [0.4, 0.5) is 0 Å². The molecule has 5 heteroatoms. The predicted molar refractivity (Wildman–Crippen MR) is 104 cm³/mol. The lowest BCUT2D eigenvalue weighted by Gasteiger charge is -2.34. The number of hydrogen-bond acceptors (Lipinski definition) is 4. The van der Waals surface area contributed by atoms with Crippen molar-refractivity contribution in [3.8, 4) is 10.6 Å². The molecular weight excluding hydrogens is 340 g/mol. The molecule has 0 saturated heterocycles. The summed E-state index contributed by atoms with van der Waals surface area (Å²) in [5.41, 5.74) is 7.40. The molecule has 1 N–H and O–H groups in total. The van der Waals surface area contributed by atoms with Crippen molar-refractivity contribution in [2.45, 2.75) is 11.8 Å². The highest BCUT2D eigenvalue weighted by Crippen LogP contribution is 2.43.